The number of nitrogens with zero attached hydrogens (tertiary/aromatic N) is 3. The number of benzene rings is 1. The first kappa shape index (κ1) is 20.4. The average molecular weight is 473 g/mol. The minimum absolute atomic E-state index is 0.0663. The van der Waals surface area contributed by atoms with Crippen molar-refractivity contribution < 1.29 is 13.2 Å². The number of anilines is 1. The topological polar surface area (TPSA) is 83.8 Å². The van der Waals surface area contributed by atoms with E-state index in [0.29, 0.717) is 30.1 Å². The third kappa shape index (κ3) is 4.03. The van der Waals surface area contributed by atoms with E-state index in [-0.39, 0.29) is 11.8 Å². The maximum atomic E-state index is 12.7. The summed E-state index contributed by atoms with van der Waals surface area (Å²) in [6.07, 6.45) is 4.99. The van der Waals surface area contributed by atoms with Crippen LogP contribution in [0.3, 0.4) is 0 Å². The predicted molar refractivity (Wildman–Crippen MR) is 123 cm³/mol. The van der Waals surface area contributed by atoms with Gasteiger partial charge >= 0.3 is 0 Å². The second-order valence-electron chi connectivity index (χ2n) is 7.40. The van der Waals surface area contributed by atoms with Gasteiger partial charge in [0, 0.05) is 48.0 Å². The third-order valence-corrected chi connectivity index (χ3v) is 9.50. The molecule has 7 nitrogen and oxygen atoms in total. The van der Waals surface area contributed by atoms with Gasteiger partial charge < -0.3 is 5.32 Å². The van der Waals surface area contributed by atoms with E-state index in [9.17, 15) is 13.2 Å². The Kier molecular flexibility index (Phi) is 5.39. The van der Waals surface area contributed by atoms with Crippen LogP contribution in [-0.4, -0.2) is 41.1 Å². The molecule has 0 bridgehead atoms. The number of piperidine rings is 1. The number of carbonyl (C=O) groups excluding carboxylic acids is 1. The zero-order chi connectivity index (χ0) is 21.4. The summed E-state index contributed by atoms with van der Waals surface area (Å²) >= 11 is 2.80. The van der Waals surface area contributed by atoms with Gasteiger partial charge in [-0.3, -0.25) is 9.20 Å². The Bertz CT molecular complexity index is 1270. The molecule has 0 atom stereocenters. The van der Waals surface area contributed by atoms with Crippen LogP contribution >= 0.6 is 22.7 Å². The van der Waals surface area contributed by atoms with Gasteiger partial charge in [-0.05, 0) is 36.4 Å². The zero-order valence-electron chi connectivity index (χ0n) is 16.5. The van der Waals surface area contributed by atoms with Crippen LogP contribution in [0.1, 0.15) is 12.8 Å². The molecule has 0 radical (unpaired) electrons. The number of nitrogens with one attached hydrogen (secondary N) is 1. The maximum absolute atomic E-state index is 12.7. The molecule has 0 unspecified atom stereocenters. The van der Waals surface area contributed by atoms with E-state index in [0.717, 1.165) is 21.9 Å². The van der Waals surface area contributed by atoms with E-state index in [1.165, 1.54) is 15.6 Å². The summed E-state index contributed by atoms with van der Waals surface area (Å²) in [6, 6.07) is 11.0. The highest BCUT2D eigenvalue weighted by Gasteiger charge is 2.32. The minimum Gasteiger partial charge on any atom is -0.326 e. The van der Waals surface area contributed by atoms with Gasteiger partial charge in [-0.1, -0.05) is 18.2 Å². The van der Waals surface area contributed by atoms with Crippen LogP contribution in [0.15, 0.2) is 63.8 Å². The number of imidazole rings is 1. The molecule has 4 aromatic rings. The number of rotatable bonds is 5. The molecule has 0 spiro atoms. The van der Waals surface area contributed by atoms with Crippen molar-refractivity contribution in [2.75, 3.05) is 18.4 Å². The quantitative estimate of drug-likeness (QED) is 0.473. The van der Waals surface area contributed by atoms with Crippen molar-refractivity contribution in [2.24, 2.45) is 5.92 Å². The summed E-state index contributed by atoms with van der Waals surface area (Å²) in [4.78, 5) is 18.2. The van der Waals surface area contributed by atoms with Crippen LogP contribution in [0.2, 0.25) is 0 Å². The van der Waals surface area contributed by atoms with Crippen molar-refractivity contribution in [2.45, 2.75) is 17.1 Å². The summed E-state index contributed by atoms with van der Waals surface area (Å²) in [5, 5.41) is 6.72. The van der Waals surface area contributed by atoms with Gasteiger partial charge in [-0.25, -0.2) is 13.4 Å². The lowest BCUT2D eigenvalue weighted by atomic mass is 9.97. The maximum Gasteiger partial charge on any atom is 0.252 e. The first-order valence-corrected chi connectivity index (χ1v) is 13.1. The number of sulfonamides is 1. The standard InChI is InChI=1S/C21H20N4O3S3/c26-20(16-7-9-25(10-8-16)31(27,28)19-2-1-12-29-19)22-17-5-3-15(4-6-17)18-14-24-11-13-30-21(24)23-18/h1-6,11-14,16H,7-10H2,(H,22,26). The first-order chi connectivity index (χ1) is 15.0. The number of hydrogen-bond acceptors (Lipinski definition) is 6. The smallest absolute Gasteiger partial charge is 0.252 e. The lowest BCUT2D eigenvalue weighted by molar-refractivity contribution is -0.120. The number of thiazole rings is 1. The van der Waals surface area contributed by atoms with E-state index in [2.05, 4.69) is 10.3 Å². The lowest BCUT2D eigenvalue weighted by Gasteiger charge is -2.30. The minimum atomic E-state index is -3.45. The highest BCUT2D eigenvalue weighted by molar-refractivity contribution is 7.91. The molecule has 10 heteroatoms. The van der Waals surface area contributed by atoms with E-state index in [1.807, 2.05) is 46.4 Å². The molecular formula is C21H20N4O3S3. The number of carbonyl (C=O) groups is 1. The van der Waals surface area contributed by atoms with Crippen LogP contribution in [0.25, 0.3) is 16.2 Å². The number of hydrogen-bond donors (Lipinski definition) is 1. The third-order valence-electron chi connectivity index (χ3n) is 5.46. The summed E-state index contributed by atoms with van der Waals surface area (Å²) in [6.45, 7) is 0.712. The van der Waals surface area contributed by atoms with Gasteiger partial charge in [0.1, 0.15) is 4.21 Å². The fourth-order valence-corrected chi connectivity index (χ4v) is 7.05. The predicted octanol–water partition coefficient (Wildman–Crippen LogP) is 4.16. The van der Waals surface area contributed by atoms with Crippen molar-refractivity contribution in [1.29, 1.82) is 0 Å². The molecule has 1 aliphatic rings. The Morgan fingerprint density at radius 1 is 1.06 bits per heavy atom. The van der Waals surface area contributed by atoms with Gasteiger partial charge in [0.25, 0.3) is 10.0 Å². The fourth-order valence-electron chi connectivity index (χ4n) is 3.73. The Morgan fingerprint density at radius 2 is 1.84 bits per heavy atom. The van der Waals surface area contributed by atoms with Crippen molar-refractivity contribution >= 4 is 49.3 Å². The molecule has 1 saturated heterocycles. The normalized spacial score (nSPS) is 16.0. The lowest BCUT2D eigenvalue weighted by Crippen LogP contribution is -2.41. The summed E-state index contributed by atoms with van der Waals surface area (Å²) in [7, 11) is -3.45. The molecule has 1 amide bonds. The van der Waals surface area contributed by atoms with E-state index < -0.39 is 10.0 Å². The molecule has 0 aliphatic carbocycles. The van der Waals surface area contributed by atoms with Gasteiger partial charge in [0.2, 0.25) is 5.91 Å². The largest absolute Gasteiger partial charge is 0.326 e. The van der Waals surface area contributed by atoms with E-state index in [4.69, 9.17) is 0 Å². The second-order valence-corrected chi connectivity index (χ2v) is 11.4. The van der Waals surface area contributed by atoms with E-state index in [1.54, 1.807) is 28.8 Å². The second kappa shape index (κ2) is 8.19. The van der Waals surface area contributed by atoms with Crippen molar-refractivity contribution in [3.05, 3.63) is 59.6 Å². The molecule has 1 N–H and O–H groups in total. The highest BCUT2D eigenvalue weighted by atomic mass is 32.2. The Hall–Kier alpha value is -2.53. The van der Waals surface area contributed by atoms with Gasteiger partial charge in [0.15, 0.2) is 4.96 Å². The number of thiophene rings is 1. The monoisotopic (exact) mass is 472 g/mol. The molecular weight excluding hydrogens is 452 g/mol. The molecule has 1 aromatic carbocycles. The zero-order valence-corrected chi connectivity index (χ0v) is 18.9. The van der Waals surface area contributed by atoms with Gasteiger partial charge in [-0.2, -0.15) is 4.31 Å². The van der Waals surface area contributed by atoms with Crippen LogP contribution in [0, 0.1) is 5.92 Å². The number of fused-ring (bicyclic) bond motifs is 1. The van der Waals surface area contributed by atoms with E-state index >= 15 is 0 Å². The van der Waals surface area contributed by atoms with Crippen LogP contribution in [0.4, 0.5) is 5.69 Å². The molecule has 160 valence electrons. The van der Waals surface area contributed by atoms with Crippen LogP contribution in [0.5, 0.6) is 0 Å². The SMILES string of the molecule is O=C(Nc1ccc(-c2cn3ccsc3n2)cc1)C1CCN(S(=O)(=O)c2cccs2)CC1. The summed E-state index contributed by atoms with van der Waals surface area (Å²) in [5.41, 5.74) is 2.61. The average Bonchev–Trinajstić information content (AvgIpc) is 3.52. The highest BCUT2D eigenvalue weighted by Crippen LogP contribution is 2.28. The fraction of sp³-hybridized carbons (Fsp3) is 0.238. The first-order valence-electron chi connectivity index (χ1n) is 9.88. The molecule has 0 saturated carbocycles. The Morgan fingerprint density at radius 3 is 2.52 bits per heavy atom. The van der Waals surface area contributed by atoms with Gasteiger partial charge in [0.05, 0.1) is 5.69 Å². The van der Waals surface area contributed by atoms with Crippen molar-refractivity contribution in [1.82, 2.24) is 13.7 Å². The molecule has 31 heavy (non-hydrogen) atoms. The molecule has 3 aromatic heterocycles. The Labute approximate surface area is 188 Å². The molecule has 1 fully saturated rings. The van der Waals surface area contributed by atoms with Crippen molar-refractivity contribution in [3.8, 4) is 11.3 Å². The van der Waals surface area contributed by atoms with Crippen LogP contribution in [-0.2, 0) is 14.8 Å². The van der Waals surface area contributed by atoms with Crippen LogP contribution < -0.4 is 5.32 Å². The summed E-state index contributed by atoms with van der Waals surface area (Å²) < 4.78 is 29.1. The Balaban J connectivity index is 1.19. The number of amides is 1. The molecule has 4 heterocycles. The number of aromatic nitrogens is 2. The molecule has 1 aliphatic heterocycles. The van der Waals surface area contributed by atoms with Gasteiger partial charge in [-0.15, -0.1) is 22.7 Å². The van der Waals surface area contributed by atoms with Crippen molar-refractivity contribution in [3.63, 3.8) is 0 Å². The molecule has 5 rings (SSSR count). The summed E-state index contributed by atoms with van der Waals surface area (Å²) in [5.74, 6) is -0.266.